The lowest BCUT2D eigenvalue weighted by atomic mass is 9.95. The quantitative estimate of drug-likeness (QED) is 0.408. The molecule has 208 valence electrons. The molecule has 2 amide bonds. The highest BCUT2D eigenvalue weighted by atomic mass is 35.5. The maximum Gasteiger partial charge on any atom is 0.244 e. The van der Waals surface area contributed by atoms with Gasteiger partial charge in [-0.25, -0.2) is 17.2 Å². The highest BCUT2D eigenvalue weighted by molar-refractivity contribution is 7.92. The van der Waals surface area contributed by atoms with Gasteiger partial charge in [-0.15, -0.1) is 0 Å². The van der Waals surface area contributed by atoms with Crippen LogP contribution in [0.1, 0.15) is 51.0 Å². The van der Waals surface area contributed by atoms with Crippen molar-refractivity contribution in [3.05, 3.63) is 63.6 Å². The van der Waals surface area contributed by atoms with Crippen molar-refractivity contribution < 1.29 is 26.8 Å². The monoisotopic (exact) mass is 589 g/mol. The van der Waals surface area contributed by atoms with Crippen molar-refractivity contribution in [2.75, 3.05) is 17.1 Å². The molecular formula is C26H31Cl2F2N3O4S. The third-order valence-corrected chi connectivity index (χ3v) is 8.29. The summed E-state index contributed by atoms with van der Waals surface area (Å²) in [5.41, 5.74) is 0.288. The molecule has 12 heteroatoms. The molecule has 0 radical (unpaired) electrons. The van der Waals surface area contributed by atoms with Gasteiger partial charge in [0.25, 0.3) is 0 Å². The zero-order valence-corrected chi connectivity index (χ0v) is 23.6. The SMILES string of the molecule is CCC(C(=O)NC1CCCCC1)N(Cc1ccc(Cl)cc1Cl)C(=O)CN(c1ccc(F)c(F)c1)S(C)(=O)=O. The van der Waals surface area contributed by atoms with E-state index < -0.39 is 40.2 Å². The molecule has 1 saturated carbocycles. The predicted molar refractivity (Wildman–Crippen MR) is 145 cm³/mol. The number of amides is 2. The number of nitrogens with zero attached hydrogens (tertiary/aromatic N) is 2. The first-order chi connectivity index (χ1) is 17.9. The normalized spacial score (nSPS) is 15.1. The van der Waals surface area contributed by atoms with E-state index in [4.69, 9.17) is 23.2 Å². The van der Waals surface area contributed by atoms with Gasteiger partial charge in [-0.1, -0.05) is 55.5 Å². The Balaban J connectivity index is 1.95. The van der Waals surface area contributed by atoms with Crippen LogP contribution in [0.2, 0.25) is 10.0 Å². The Labute approximate surface area is 232 Å². The topological polar surface area (TPSA) is 86.8 Å². The van der Waals surface area contributed by atoms with Crippen molar-refractivity contribution in [2.45, 2.75) is 64.1 Å². The number of halogens is 4. The van der Waals surface area contributed by atoms with Crippen LogP contribution in [0.4, 0.5) is 14.5 Å². The molecule has 2 aromatic rings. The third-order valence-electron chi connectivity index (χ3n) is 6.56. The lowest BCUT2D eigenvalue weighted by Gasteiger charge is -2.34. The van der Waals surface area contributed by atoms with Crippen molar-refractivity contribution in [2.24, 2.45) is 0 Å². The highest BCUT2D eigenvalue weighted by Gasteiger charge is 2.33. The lowest BCUT2D eigenvalue weighted by molar-refractivity contribution is -0.140. The summed E-state index contributed by atoms with van der Waals surface area (Å²) in [5.74, 6) is -3.47. The van der Waals surface area contributed by atoms with E-state index in [1.54, 1.807) is 19.1 Å². The minimum absolute atomic E-state index is 0.00363. The molecule has 1 fully saturated rings. The van der Waals surface area contributed by atoms with Gasteiger partial charge in [0.05, 0.1) is 11.9 Å². The number of carbonyl (C=O) groups excluding carboxylic acids is 2. The zero-order valence-electron chi connectivity index (χ0n) is 21.2. The molecule has 0 aromatic heterocycles. The Morgan fingerprint density at radius 3 is 2.32 bits per heavy atom. The summed E-state index contributed by atoms with van der Waals surface area (Å²) in [6.07, 6.45) is 5.90. The molecule has 2 aromatic carbocycles. The first-order valence-electron chi connectivity index (χ1n) is 12.4. The van der Waals surface area contributed by atoms with Gasteiger partial charge in [0, 0.05) is 28.7 Å². The Morgan fingerprint density at radius 1 is 1.05 bits per heavy atom. The summed E-state index contributed by atoms with van der Waals surface area (Å²) in [7, 11) is -4.09. The van der Waals surface area contributed by atoms with Gasteiger partial charge in [-0.2, -0.15) is 0 Å². The van der Waals surface area contributed by atoms with E-state index >= 15 is 0 Å². The molecule has 1 unspecified atom stereocenters. The molecule has 1 atom stereocenters. The third kappa shape index (κ3) is 7.80. The number of anilines is 1. The van der Waals surface area contributed by atoms with E-state index in [1.165, 1.54) is 11.0 Å². The van der Waals surface area contributed by atoms with Gasteiger partial charge in [0.15, 0.2) is 11.6 Å². The molecule has 0 heterocycles. The second-order valence-electron chi connectivity index (χ2n) is 9.39. The molecule has 0 aliphatic heterocycles. The van der Waals surface area contributed by atoms with E-state index in [0.29, 0.717) is 21.0 Å². The largest absolute Gasteiger partial charge is 0.352 e. The number of hydrogen-bond donors (Lipinski definition) is 1. The van der Waals surface area contributed by atoms with E-state index in [9.17, 15) is 26.8 Å². The predicted octanol–water partition coefficient (Wildman–Crippen LogP) is 5.29. The van der Waals surface area contributed by atoms with Crippen LogP contribution in [-0.2, 0) is 26.2 Å². The molecule has 38 heavy (non-hydrogen) atoms. The summed E-state index contributed by atoms with van der Waals surface area (Å²) in [5, 5.41) is 3.70. The molecule has 0 spiro atoms. The maximum atomic E-state index is 13.9. The van der Waals surface area contributed by atoms with Crippen molar-refractivity contribution in [1.29, 1.82) is 0 Å². The van der Waals surface area contributed by atoms with Crippen LogP contribution in [0, 0.1) is 11.6 Å². The Hall–Kier alpha value is -2.43. The minimum Gasteiger partial charge on any atom is -0.352 e. The van der Waals surface area contributed by atoms with Gasteiger partial charge in [0.1, 0.15) is 12.6 Å². The molecule has 1 aliphatic rings. The van der Waals surface area contributed by atoms with Gasteiger partial charge in [0.2, 0.25) is 21.8 Å². The summed E-state index contributed by atoms with van der Waals surface area (Å²) in [6, 6.07) is 6.36. The first kappa shape index (κ1) is 30.1. The second kappa shape index (κ2) is 13.1. The molecular weight excluding hydrogens is 559 g/mol. The Bertz CT molecular complexity index is 1270. The fourth-order valence-corrected chi connectivity index (χ4v) is 5.86. The standard InChI is InChI=1S/C26H31Cl2F2N3O4S/c1-3-24(26(35)31-19-7-5-4-6-8-19)32(15-17-9-10-18(27)13-21(17)28)25(34)16-33(38(2,36)37)20-11-12-22(29)23(30)14-20/h9-14,19,24H,3-8,15-16H2,1-2H3,(H,31,35). The summed E-state index contributed by atoms with van der Waals surface area (Å²) < 4.78 is 53.3. The van der Waals surface area contributed by atoms with Crippen molar-refractivity contribution >= 4 is 50.7 Å². The van der Waals surface area contributed by atoms with Gasteiger partial charge in [-0.3, -0.25) is 13.9 Å². The molecule has 0 saturated heterocycles. The van der Waals surface area contributed by atoms with Gasteiger partial charge in [-0.05, 0) is 49.1 Å². The van der Waals surface area contributed by atoms with Crippen LogP contribution in [0.5, 0.6) is 0 Å². The number of rotatable bonds is 10. The Morgan fingerprint density at radius 2 is 1.74 bits per heavy atom. The van der Waals surface area contributed by atoms with Crippen LogP contribution < -0.4 is 9.62 Å². The molecule has 0 bridgehead atoms. The summed E-state index contributed by atoms with van der Waals surface area (Å²) in [4.78, 5) is 28.3. The lowest BCUT2D eigenvalue weighted by Crippen LogP contribution is -2.54. The van der Waals surface area contributed by atoms with Crippen LogP contribution in [0.15, 0.2) is 36.4 Å². The van der Waals surface area contributed by atoms with Gasteiger partial charge >= 0.3 is 0 Å². The average molecular weight is 591 g/mol. The van der Waals surface area contributed by atoms with Crippen molar-refractivity contribution in [3.8, 4) is 0 Å². The molecule has 3 rings (SSSR count). The molecule has 1 aliphatic carbocycles. The summed E-state index contributed by atoms with van der Waals surface area (Å²) >= 11 is 12.4. The fraction of sp³-hybridized carbons (Fsp3) is 0.462. The number of carbonyl (C=O) groups is 2. The van der Waals surface area contributed by atoms with Crippen LogP contribution in [0.3, 0.4) is 0 Å². The van der Waals surface area contributed by atoms with Crippen molar-refractivity contribution in [1.82, 2.24) is 10.2 Å². The Kier molecular flexibility index (Phi) is 10.4. The highest BCUT2D eigenvalue weighted by Crippen LogP contribution is 2.26. The van der Waals surface area contributed by atoms with Gasteiger partial charge < -0.3 is 10.2 Å². The minimum atomic E-state index is -4.09. The van der Waals surface area contributed by atoms with E-state index in [2.05, 4.69) is 5.32 Å². The molecule has 7 nitrogen and oxygen atoms in total. The smallest absolute Gasteiger partial charge is 0.244 e. The van der Waals surface area contributed by atoms with Crippen molar-refractivity contribution in [3.63, 3.8) is 0 Å². The second-order valence-corrected chi connectivity index (χ2v) is 12.1. The first-order valence-corrected chi connectivity index (χ1v) is 15.0. The maximum absolute atomic E-state index is 13.9. The number of benzene rings is 2. The fourth-order valence-electron chi connectivity index (χ4n) is 4.55. The summed E-state index contributed by atoms with van der Waals surface area (Å²) in [6.45, 7) is 0.918. The van der Waals surface area contributed by atoms with Crippen LogP contribution >= 0.6 is 23.2 Å². The number of nitrogens with one attached hydrogen (secondary N) is 1. The average Bonchev–Trinajstić information content (AvgIpc) is 2.85. The zero-order chi connectivity index (χ0) is 28.0. The van der Waals surface area contributed by atoms with E-state index in [1.807, 2.05) is 0 Å². The number of sulfonamides is 1. The van der Waals surface area contributed by atoms with E-state index in [0.717, 1.165) is 50.5 Å². The number of hydrogen-bond acceptors (Lipinski definition) is 4. The van der Waals surface area contributed by atoms with Crippen LogP contribution in [0.25, 0.3) is 0 Å². The van der Waals surface area contributed by atoms with E-state index in [-0.39, 0.29) is 35.6 Å². The van der Waals surface area contributed by atoms with Crippen LogP contribution in [-0.4, -0.2) is 50.0 Å². The molecule has 1 N–H and O–H groups in total.